The zero-order valence-electron chi connectivity index (χ0n) is 13.1. The van der Waals surface area contributed by atoms with Crippen molar-refractivity contribution in [2.24, 2.45) is 0 Å². The number of aromatic hydroxyl groups is 1. The van der Waals surface area contributed by atoms with Crippen molar-refractivity contribution in [3.8, 4) is 11.4 Å². The van der Waals surface area contributed by atoms with Crippen LogP contribution >= 0.6 is 15.9 Å². The lowest BCUT2D eigenvalue weighted by Crippen LogP contribution is -2.42. The first-order chi connectivity index (χ1) is 12.5. The van der Waals surface area contributed by atoms with Crippen LogP contribution in [0.4, 0.5) is 4.39 Å². The van der Waals surface area contributed by atoms with E-state index in [1.807, 2.05) is 6.07 Å². The molecule has 2 aromatic carbocycles. The van der Waals surface area contributed by atoms with Crippen LogP contribution < -0.4 is 10.9 Å². The van der Waals surface area contributed by atoms with E-state index in [-0.39, 0.29) is 21.5 Å². The molecule has 0 spiro atoms. The van der Waals surface area contributed by atoms with Crippen molar-refractivity contribution in [2.75, 3.05) is 0 Å². The number of hydrogen-bond acceptors (Lipinski definition) is 4. The molecule has 0 unspecified atom stereocenters. The van der Waals surface area contributed by atoms with Gasteiger partial charge in [0.05, 0.1) is 17.4 Å². The normalized spacial score (nSPS) is 10.4. The Labute approximate surface area is 155 Å². The zero-order valence-corrected chi connectivity index (χ0v) is 14.7. The van der Waals surface area contributed by atoms with Crippen molar-refractivity contribution in [1.29, 1.82) is 0 Å². The maximum Gasteiger partial charge on any atom is 0.294 e. The second-order valence-electron chi connectivity index (χ2n) is 5.18. The van der Waals surface area contributed by atoms with Crippen molar-refractivity contribution < 1.29 is 19.1 Å². The molecule has 9 heteroatoms. The highest BCUT2D eigenvalue weighted by atomic mass is 79.9. The molecule has 0 aliphatic carbocycles. The number of hydrogen-bond donors (Lipinski definition) is 3. The number of rotatable bonds is 3. The van der Waals surface area contributed by atoms with Crippen molar-refractivity contribution in [3.63, 3.8) is 0 Å². The Balaban J connectivity index is 1.71. The highest BCUT2D eigenvalue weighted by Crippen LogP contribution is 2.19. The van der Waals surface area contributed by atoms with E-state index >= 15 is 0 Å². The third-order valence-electron chi connectivity index (χ3n) is 3.40. The number of carbonyl (C=O) groups is 2. The van der Waals surface area contributed by atoms with Gasteiger partial charge in [-0.3, -0.25) is 20.4 Å². The van der Waals surface area contributed by atoms with E-state index in [0.29, 0.717) is 5.69 Å². The molecule has 2 amide bonds. The molecule has 0 aliphatic heterocycles. The van der Waals surface area contributed by atoms with Crippen LogP contribution in [0.25, 0.3) is 5.69 Å². The standard InChI is InChI=1S/C17H12BrFN4O3/c18-13-8-10(19)6-7-12(13)16(25)20-21-17(26)15-14(24)9-23(22-15)11-4-2-1-3-5-11/h1-9,24H,(H,20,25)(H,21,26). The summed E-state index contributed by atoms with van der Waals surface area (Å²) >= 11 is 3.07. The summed E-state index contributed by atoms with van der Waals surface area (Å²) in [6, 6.07) is 12.4. The number of aromatic nitrogens is 2. The molecule has 132 valence electrons. The fraction of sp³-hybridized carbons (Fsp3) is 0. The highest BCUT2D eigenvalue weighted by molar-refractivity contribution is 9.10. The molecular formula is C17H12BrFN4O3. The van der Waals surface area contributed by atoms with Crippen LogP contribution in [0.2, 0.25) is 0 Å². The van der Waals surface area contributed by atoms with Crippen LogP contribution in [-0.4, -0.2) is 26.7 Å². The van der Waals surface area contributed by atoms with Gasteiger partial charge in [0.25, 0.3) is 11.8 Å². The largest absolute Gasteiger partial charge is 0.504 e. The number of carbonyl (C=O) groups excluding carboxylic acids is 2. The molecule has 0 saturated carbocycles. The lowest BCUT2D eigenvalue weighted by Gasteiger charge is -2.07. The molecule has 3 N–H and O–H groups in total. The number of halogens is 2. The van der Waals surface area contributed by atoms with Crippen LogP contribution in [-0.2, 0) is 0 Å². The zero-order chi connectivity index (χ0) is 18.7. The monoisotopic (exact) mass is 418 g/mol. The summed E-state index contributed by atoms with van der Waals surface area (Å²) in [7, 11) is 0. The van der Waals surface area contributed by atoms with Gasteiger partial charge in [0.15, 0.2) is 11.4 Å². The maximum atomic E-state index is 13.1. The SMILES string of the molecule is O=C(NNC(=O)c1nn(-c2ccccc2)cc1O)c1ccc(F)cc1Br. The van der Waals surface area contributed by atoms with E-state index < -0.39 is 17.6 Å². The van der Waals surface area contributed by atoms with E-state index in [0.717, 1.165) is 12.1 Å². The minimum atomic E-state index is -0.802. The smallest absolute Gasteiger partial charge is 0.294 e. The number of para-hydroxylation sites is 1. The lowest BCUT2D eigenvalue weighted by molar-refractivity contribution is 0.0841. The van der Waals surface area contributed by atoms with E-state index in [1.54, 1.807) is 24.3 Å². The van der Waals surface area contributed by atoms with Gasteiger partial charge in [0, 0.05) is 4.47 Å². The second-order valence-corrected chi connectivity index (χ2v) is 6.03. The molecule has 1 aromatic heterocycles. The highest BCUT2D eigenvalue weighted by Gasteiger charge is 2.18. The Morgan fingerprint density at radius 1 is 1.08 bits per heavy atom. The first kappa shape index (κ1) is 17.6. The van der Waals surface area contributed by atoms with Gasteiger partial charge in [-0.25, -0.2) is 9.07 Å². The quantitative estimate of drug-likeness (QED) is 0.569. The van der Waals surface area contributed by atoms with Gasteiger partial charge in [0.2, 0.25) is 0 Å². The third-order valence-corrected chi connectivity index (χ3v) is 4.05. The van der Waals surface area contributed by atoms with Gasteiger partial charge in [-0.2, -0.15) is 5.10 Å². The summed E-state index contributed by atoms with van der Waals surface area (Å²) < 4.78 is 14.6. The first-order valence-electron chi connectivity index (χ1n) is 7.35. The summed E-state index contributed by atoms with van der Waals surface area (Å²) in [5, 5.41) is 13.9. The van der Waals surface area contributed by atoms with Crippen LogP contribution in [0.1, 0.15) is 20.8 Å². The Hall–Kier alpha value is -3.20. The Kier molecular flexibility index (Phi) is 4.99. The minimum absolute atomic E-state index is 0.130. The fourth-order valence-electron chi connectivity index (χ4n) is 2.15. The fourth-order valence-corrected chi connectivity index (χ4v) is 2.68. The Morgan fingerprint density at radius 2 is 1.77 bits per heavy atom. The average Bonchev–Trinajstić information content (AvgIpc) is 3.02. The molecule has 0 radical (unpaired) electrons. The van der Waals surface area contributed by atoms with Crippen molar-refractivity contribution in [1.82, 2.24) is 20.6 Å². The van der Waals surface area contributed by atoms with Gasteiger partial charge in [-0.1, -0.05) is 18.2 Å². The van der Waals surface area contributed by atoms with Gasteiger partial charge >= 0.3 is 0 Å². The summed E-state index contributed by atoms with van der Waals surface area (Å²) in [6.07, 6.45) is 1.28. The van der Waals surface area contributed by atoms with Crippen molar-refractivity contribution >= 4 is 27.7 Å². The topological polar surface area (TPSA) is 96.3 Å². The molecule has 0 atom stereocenters. The molecule has 0 fully saturated rings. The van der Waals surface area contributed by atoms with Crippen LogP contribution in [0.5, 0.6) is 5.75 Å². The van der Waals surface area contributed by atoms with E-state index in [1.165, 1.54) is 16.9 Å². The summed E-state index contributed by atoms with van der Waals surface area (Å²) in [6.45, 7) is 0. The van der Waals surface area contributed by atoms with Crippen LogP contribution in [0.15, 0.2) is 59.2 Å². The van der Waals surface area contributed by atoms with E-state index in [4.69, 9.17) is 0 Å². The molecule has 7 nitrogen and oxygen atoms in total. The molecule has 1 heterocycles. The Morgan fingerprint density at radius 3 is 2.46 bits per heavy atom. The number of nitrogens with zero attached hydrogens (tertiary/aromatic N) is 2. The van der Waals surface area contributed by atoms with Gasteiger partial charge in [-0.15, -0.1) is 0 Å². The second kappa shape index (κ2) is 7.36. The molecule has 3 aromatic rings. The molecule has 3 rings (SSSR count). The third kappa shape index (κ3) is 3.72. The van der Waals surface area contributed by atoms with E-state index in [2.05, 4.69) is 31.9 Å². The summed E-state index contributed by atoms with van der Waals surface area (Å²) in [5.41, 5.74) is 4.87. The van der Waals surface area contributed by atoms with Gasteiger partial charge in [0.1, 0.15) is 5.82 Å². The van der Waals surface area contributed by atoms with Crippen LogP contribution in [0.3, 0.4) is 0 Å². The number of nitrogens with one attached hydrogen (secondary N) is 2. The number of benzene rings is 2. The summed E-state index contributed by atoms with van der Waals surface area (Å²) in [5.74, 6) is -2.31. The van der Waals surface area contributed by atoms with Crippen molar-refractivity contribution in [2.45, 2.75) is 0 Å². The first-order valence-corrected chi connectivity index (χ1v) is 8.15. The number of hydrazine groups is 1. The number of amides is 2. The van der Waals surface area contributed by atoms with Crippen molar-refractivity contribution in [3.05, 3.63) is 76.3 Å². The van der Waals surface area contributed by atoms with Gasteiger partial charge in [-0.05, 0) is 46.3 Å². The van der Waals surface area contributed by atoms with E-state index in [9.17, 15) is 19.1 Å². The molecule has 26 heavy (non-hydrogen) atoms. The lowest BCUT2D eigenvalue weighted by atomic mass is 10.2. The predicted octanol–water partition coefficient (Wildman–Crippen LogP) is 2.55. The summed E-state index contributed by atoms with van der Waals surface area (Å²) in [4.78, 5) is 24.2. The molecular weight excluding hydrogens is 407 g/mol. The maximum absolute atomic E-state index is 13.1. The Bertz CT molecular complexity index is 975. The molecule has 0 bridgehead atoms. The average molecular weight is 419 g/mol. The van der Waals surface area contributed by atoms with Gasteiger partial charge < -0.3 is 5.11 Å². The molecule has 0 aliphatic rings. The minimum Gasteiger partial charge on any atom is -0.504 e. The molecule has 0 saturated heterocycles. The predicted molar refractivity (Wildman–Crippen MR) is 94.3 cm³/mol. The van der Waals surface area contributed by atoms with Crippen LogP contribution in [0, 0.1) is 5.82 Å².